The minimum Gasteiger partial charge on any atom is -0.481 e. The van der Waals surface area contributed by atoms with Gasteiger partial charge < -0.3 is 15.7 Å². The van der Waals surface area contributed by atoms with Crippen LogP contribution in [0.2, 0.25) is 0 Å². The standard InChI is InChI=1S/C15H22N2O3/c1-11(9-14(18)19)10-17-15(20)16-8-7-13-6-4-3-5-12(13)2/h3-6,11H,7-10H2,1-2H3,(H,18,19)(H2,16,17,20). The van der Waals surface area contributed by atoms with Crippen molar-refractivity contribution in [3.8, 4) is 0 Å². The van der Waals surface area contributed by atoms with Crippen molar-refractivity contribution in [3.05, 3.63) is 35.4 Å². The highest BCUT2D eigenvalue weighted by Gasteiger charge is 2.09. The molecule has 110 valence electrons. The van der Waals surface area contributed by atoms with Crippen LogP contribution in [0.5, 0.6) is 0 Å². The van der Waals surface area contributed by atoms with Gasteiger partial charge in [0.15, 0.2) is 0 Å². The molecular weight excluding hydrogens is 256 g/mol. The summed E-state index contributed by atoms with van der Waals surface area (Å²) >= 11 is 0. The van der Waals surface area contributed by atoms with Gasteiger partial charge >= 0.3 is 12.0 Å². The van der Waals surface area contributed by atoms with Gasteiger partial charge in [-0.25, -0.2) is 4.79 Å². The van der Waals surface area contributed by atoms with E-state index in [-0.39, 0.29) is 18.4 Å². The van der Waals surface area contributed by atoms with Crippen LogP contribution in [0.1, 0.15) is 24.5 Å². The number of carbonyl (C=O) groups is 2. The van der Waals surface area contributed by atoms with Crippen molar-refractivity contribution in [3.63, 3.8) is 0 Å². The zero-order valence-corrected chi connectivity index (χ0v) is 12.0. The predicted molar refractivity (Wildman–Crippen MR) is 77.7 cm³/mol. The molecule has 1 unspecified atom stereocenters. The van der Waals surface area contributed by atoms with E-state index in [1.54, 1.807) is 6.92 Å². The van der Waals surface area contributed by atoms with Crippen molar-refractivity contribution in [2.45, 2.75) is 26.7 Å². The summed E-state index contributed by atoms with van der Waals surface area (Å²) in [7, 11) is 0. The molecule has 0 saturated carbocycles. The van der Waals surface area contributed by atoms with Crippen LogP contribution in [0, 0.1) is 12.8 Å². The normalized spacial score (nSPS) is 11.7. The average molecular weight is 278 g/mol. The highest BCUT2D eigenvalue weighted by molar-refractivity contribution is 5.74. The molecule has 20 heavy (non-hydrogen) atoms. The molecule has 0 radical (unpaired) electrons. The zero-order chi connectivity index (χ0) is 15.0. The number of aryl methyl sites for hydroxylation is 1. The Morgan fingerprint density at radius 3 is 2.60 bits per heavy atom. The molecule has 1 aromatic carbocycles. The minimum absolute atomic E-state index is 0.0590. The molecule has 0 heterocycles. The summed E-state index contributed by atoms with van der Waals surface area (Å²) in [4.78, 5) is 22.0. The van der Waals surface area contributed by atoms with Crippen molar-refractivity contribution < 1.29 is 14.7 Å². The largest absolute Gasteiger partial charge is 0.481 e. The van der Waals surface area contributed by atoms with Crippen LogP contribution in [0.15, 0.2) is 24.3 Å². The van der Waals surface area contributed by atoms with Crippen molar-refractivity contribution in [1.82, 2.24) is 10.6 Å². The maximum Gasteiger partial charge on any atom is 0.314 e. The van der Waals surface area contributed by atoms with Crippen molar-refractivity contribution in [1.29, 1.82) is 0 Å². The second-order valence-electron chi connectivity index (χ2n) is 5.02. The molecule has 1 aromatic rings. The van der Waals surface area contributed by atoms with Crippen LogP contribution < -0.4 is 10.6 Å². The monoisotopic (exact) mass is 278 g/mol. The lowest BCUT2D eigenvalue weighted by Gasteiger charge is -2.12. The van der Waals surface area contributed by atoms with E-state index < -0.39 is 5.97 Å². The van der Waals surface area contributed by atoms with Crippen LogP contribution in [0.25, 0.3) is 0 Å². The number of carbonyl (C=O) groups excluding carboxylic acids is 1. The molecule has 5 heteroatoms. The van der Waals surface area contributed by atoms with E-state index in [9.17, 15) is 9.59 Å². The third-order valence-corrected chi connectivity index (χ3v) is 3.08. The first-order valence-electron chi connectivity index (χ1n) is 6.77. The Balaban J connectivity index is 2.20. The molecule has 0 bridgehead atoms. The van der Waals surface area contributed by atoms with Crippen LogP contribution in [0.3, 0.4) is 0 Å². The fourth-order valence-electron chi connectivity index (χ4n) is 1.90. The SMILES string of the molecule is Cc1ccccc1CCNC(=O)NCC(C)CC(=O)O. The molecule has 0 spiro atoms. The highest BCUT2D eigenvalue weighted by Crippen LogP contribution is 2.06. The van der Waals surface area contributed by atoms with Gasteiger partial charge in [0.05, 0.1) is 0 Å². The summed E-state index contributed by atoms with van der Waals surface area (Å²) < 4.78 is 0. The number of amides is 2. The highest BCUT2D eigenvalue weighted by atomic mass is 16.4. The van der Waals surface area contributed by atoms with E-state index in [2.05, 4.69) is 10.6 Å². The maximum absolute atomic E-state index is 11.5. The second-order valence-corrected chi connectivity index (χ2v) is 5.02. The van der Waals surface area contributed by atoms with Crippen molar-refractivity contribution >= 4 is 12.0 Å². The van der Waals surface area contributed by atoms with E-state index in [4.69, 9.17) is 5.11 Å². The van der Waals surface area contributed by atoms with Crippen molar-refractivity contribution in [2.24, 2.45) is 5.92 Å². The van der Waals surface area contributed by atoms with Gasteiger partial charge in [-0.3, -0.25) is 4.79 Å². The van der Waals surface area contributed by atoms with Gasteiger partial charge in [0, 0.05) is 19.5 Å². The molecule has 0 aliphatic rings. The molecule has 3 N–H and O–H groups in total. The number of benzene rings is 1. The smallest absolute Gasteiger partial charge is 0.314 e. The lowest BCUT2D eigenvalue weighted by molar-refractivity contribution is -0.137. The number of carboxylic acids is 1. The Morgan fingerprint density at radius 1 is 1.25 bits per heavy atom. The van der Waals surface area contributed by atoms with Gasteiger partial charge in [0.25, 0.3) is 0 Å². The van der Waals surface area contributed by atoms with Gasteiger partial charge in [-0.1, -0.05) is 31.2 Å². The fourth-order valence-corrected chi connectivity index (χ4v) is 1.90. The summed E-state index contributed by atoms with van der Waals surface area (Å²) in [6.07, 6.45) is 0.842. The van der Waals surface area contributed by atoms with E-state index in [1.165, 1.54) is 11.1 Å². The Labute approximate surface area is 119 Å². The number of urea groups is 1. The quantitative estimate of drug-likeness (QED) is 0.713. The molecule has 0 fully saturated rings. The van der Waals surface area contributed by atoms with E-state index in [1.807, 2.05) is 31.2 Å². The van der Waals surface area contributed by atoms with Crippen LogP contribution >= 0.6 is 0 Å². The van der Waals surface area contributed by atoms with Gasteiger partial charge in [-0.05, 0) is 30.4 Å². The number of hydrogen-bond acceptors (Lipinski definition) is 2. The van der Waals surface area contributed by atoms with Crippen LogP contribution in [-0.4, -0.2) is 30.2 Å². The fraction of sp³-hybridized carbons (Fsp3) is 0.467. The molecule has 1 rings (SSSR count). The zero-order valence-electron chi connectivity index (χ0n) is 12.0. The third kappa shape index (κ3) is 6.22. The third-order valence-electron chi connectivity index (χ3n) is 3.08. The second kappa shape index (κ2) is 8.19. The Bertz CT molecular complexity index is 460. The Kier molecular flexibility index (Phi) is 6.56. The van der Waals surface area contributed by atoms with Gasteiger partial charge in [-0.15, -0.1) is 0 Å². The molecule has 1 atom stereocenters. The van der Waals surface area contributed by atoms with E-state index >= 15 is 0 Å². The molecule has 0 aromatic heterocycles. The molecule has 2 amide bonds. The summed E-state index contributed by atoms with van der Waals surface area (Å²) in [6.45, 7) is 4.76. The molecular formula is C15H22N2O3. The summed E-state index contributed by atoms with van der Waals surface area (Å²) in [5.74, 6) is -0.922. The molecule has 5 nitrogen and oxygen atoms in total. The van der Waals surface area contributed by atoms with E-state index in [0.29, 0.717) is 13.1 Å². The first kappa shape index (κ1) is 16.0. The van der Waals surface area contributed by atoms with Gasteiger partial charge in [0.2, 0.25) is 0 Å². The molecule has 0 saturated heterocycles. The number of hydrogen-bond donors (Lipinski definition) is 3. The maximum atomic E-state index is 11.5. The van der Waals surface area contributed by atoms with E-state index in [0.717, 1.165) is 6.42 Å². The minimum atomic E-state index is -0.848. The molecule has 0 aliphatic carbocycles. The average Bonchev–Trinajstić information content (AvgIpc) is 2.38. The molecule has 0 aliphatic heterocycles. The number of rotatable bonds is 7. The lowest BCUT2D eigenvalue weighted by Crippen LogP contribution is -2.39. The van der Waals surface area contributed by atoms with Gasteiger partial charge in [-0.2, -0.15) is 0 Å². The number of carboxylic acid groups (broad SMARTS) is 1. The van der Waals surface area contributed by atoms with Crippen LogP contribution in [-0.2, 0) is 11.2 Å². The summed E-state index contributed by atoms with van der Waals surface area (Å²) in [5.41, 5.74) is 2.43. The first-order valence-corrected chi connectivity index (χ1v) is 6.77. The van der Waals surface area contributed by atoms with Crippen molar-refractivity contribution in [2.75, 3.05) is 13.1 Å². The Hall–Kier alpha value is -2.04. The topological polar surface area (TPSA) is 78.4 Å². The first-order chi connectivity index (χ1) is 9.49. The summed E-state index contributed by atoms with van der Waals surface area (Å²) in [5, 5.41) is 14.1. The number of nitrogens with one attached hydrogen (secondary N) is 2. The Morgan fingerprint density at radius 2 is 1.95 bits per heavy atom. The number of aliphatic carboxylic acids is 1. The van der Waals surface area contributed by atoms with Crippen LogP contribution in [0.4, 0.5) is 4.79 Å². The summed E-state index contributed by atoms with van der Waals surface area (Å²) in [6, 6.07) is 7.81. The van der Waals surface area contributed by atoms with Gasteiger partial charge in [0.1, 0.15) is 0 Å². The lowest BCUT2D eigenvalue weighted by atomic mass is 10.1. The predicted octanol–water partition coefficient (Wildman–Crippen LogP) is 1.95.